The van der Waals surface area contributed by atoms with Gasteiger partial charge in [0, 0.05) is 12.8 Å². The molecule has 0 radical (unpaired) electrons. The summed E-state index contributed by atoms with van der Waals surface area (Å²) in [4.78, 5) is 24.8. The largest absolute Gasteiger partial charge is 0.393 e. The molecule has 0 aliphatic heterocycles. The molecule has 10 rings (SSSR count). The van der Waals surface area contributed by atoms with E-state index in [0.29, 0.717) is 101 Å². The molecule has 2 amide bonds. The smallest absolute Gasteiger partial charge is 0.269 e. The lowest BCUT2D eigenvalue weighted by molar-refractivity contribution is -0.203. The first-order valence-electron chi connectivity index (χ1n) is 28.5. The van der Waals surface area contributed by atoms with Gasteiger partial charge in [0.05, 0.1) is 18.3 Å². The first-order chi connectivity index (χ1) is 33.4. The number of nitrogens with one attached hydrogen (secondary N) is 4. The molecule has 2 aromatic heterocycles. The number of nitrogens with zero attached hydrogens (tertiary/aromatic N) is 6. The predicted molar refractivity (Wildman–Crippen MR) is 276 cm³/mol. The molecule has 8 aliphatic rings. The van der Waals surface area contributed by atoms with Gasteiger partial charge in [-0.1, -0.05) is 91.8 Å². The fourth-order valence-electron chi connectivity index (χ4n) is 20.0. The monoisotopic (exact) mass is 1010 g/mol. The Bertz CT molecular complexity index is 1940. The summed E-state index contributed by atoms with van der Waals surface area (Å²) in [6, 6.07) is 0. The number of tetrazole rings is 2. The normalized spacial score (nSPS) is 45.1. The molecule has 16 heteroatoms. The van der Waals surface area contributed by atoms with Gasteiger partial charge in [0.25, 0.3) is 11.9 Å². The highest BCUT2D eigenvalue weighted by atomic mass is 35.5. The molecule has 8 saturated carbocycles. The number of carbonyl (C=O) groups excluding carboxylic acids is 2. The van der Waals surface area contributed by atoms with Gasteiger partial charge in [0.1, 0.15) is 0 Å². The van der Waals surface area contributed by atoms with Crippen LogP contribution in [0.25, 0.3) is 0 Å². The Morgan fingerprint density at radius 2 is 1.00 bits per heavy atom. The number of aliphatic hydroxyl groups excluding tert-OH is 3. The van der Waals surface area contributed by atoms with Gasteiger partial charge in [-0.2, -0.15) is 10.4 Å². The van der Waals surface area contributed by atoms with Crippen LogP contribution in [-0.4, -0.2) is 86.7 Å². The summed E-state index contributed by atoms with van der Waals surface area (Å²) < 4.78 is 0. The molecule has 7 N–H and O–H groups in total. The average Bonchev–Trinajstić information content (AvgIpc) is 4.17. The van der Waals surface area contributed by atoms with Gasteiger partial charge in [-0.15, -0.1) is 22.6 Å². The molecular formula is C55H93ClN10O5. The molecule has 22 atom stereocenters. The number of aliphatic hydroxyl groups is 3. The molecule has 15 nitrogen and oxygen atoms in total. The number of aromatic nitrogens is 8. The van der Waals surface area contributed by atoms with Crippen LogP contribution in [0.3, 0.4) is 0 Å². The summed E-state index contributed by atoms with van der Waals surface area (Å²) in [6.45, 7) is 21.8. The molecule has 2 heterocycles. The van der Waals surface area contributed by atoms with Gasteiger partial charge in [-0.25, -0.2) is 0 Å². The van der Waals surface area contributed by atoms with Crippen LogP contribution in [0.15, 0.2) is 0 Å². The van der Waals surface area contributed by atoms with Crippen molar-refractivity contribution in [1.82, 2.24) is 41.2 Å². The molecule has 71 heavy (non-hydrogen) atoms. The second kappa shape index (κ2) is 21.5. The number of carbonyl (C=O) groups is 2. The molecule has 8 fully saturated rings. The zero-order valence-electron chi connectivity index (χ0n) is 44.8. The van der Waals surface area contributed by atoms with Crippen molar-refractivity contribution in [2.75, 3.05) is 10.6 Å². The van der Waals surface area contributed by atoms with Crippen molar-refractivity contribution < 1.29 is 24.9 Å². The van der Waals surface area contributed by atoms with E-state index in [1.54, 1.807) is 0 Å². The van der Waals surface area contributed by atoms with Crippen molar-refractivity contribution in [3.05, 3.63) is 0 Å². The van der Waals surface area contributed by atoms with E-state index < -0.39 is 0 Å². The highest BCUT2D eigenvalue weighted by molar-refractivity contribution is 5.89. The van der Waals surface area contributed by atoms with Crippen molar-refractivity contribution in [2.45, 2.75) is 209 Å². The fraction of sp³-hybridized carbons (Fsp3) is 0.927. The minimum absolute atomic E-state index is 0. The SMILES string of the molecule is CC[C@H]1[C@@H](O)[C@@H]2[C@H](CC[C@]3(C)[C@@H]([C@H](C)CCC(=O)Nc4nn[nH]n4)CC[C@@H]23)[C@@]2(C)CC[C@@H](C)C[C@@H]12.CC[C@H]1[C@@H](O)[C@@H]2[C@H](CC[C@]3(C)[C@@H]([C@H](C)CCC(=O)Nc4nn[nH]n4)CC[C@@H]23)[C@@]2(C)CC[C@@H](O)C[C@@H]12.Cl. The molecule has 0 saturated heterocycles. The maximum Gasteiger partial charge on any atom is 0.269 e. The summed E-state index contributed by atoms with van der Waals surface area (Å²) in [5, 5.41) is 66.7. The maximum atomic E-state index is 12.4. The van der Waals surface area contributed by atoms with Crippen LogP contribution in [0.5, 0.6) is 0 Å². The summed E-state index contributed by atoms with van der Waals surface area (Å²) in [5.41, 5.74) is 1.13. The van der Waals surface area contributed by atoms with E-state index in [1.165, 1.54) is 70.6 Å². The lowest BCUT2D eigenvalue weighted by Crippen LogP contribution is -2.62. The van der Waals surface area contributed by atoms with E-state index in [1.807, 2.05) is 0 Å². The Morgan fingerprint density at radius 1 is 0.592 bits per heavy atom. The molecule has 8 aliphatic carbocycles. The second-order valence-corrected chi connectivity index (χ2v) is 26.3. The van der Waals surface area contributed by atoms with Gasteiger partial charge in [0.15, 0.2) is 0 Å². The van der Waals surface area contributed by atoms with Gasteiger partial charge in [-0.3, -0.25) is 20.2 Å². The zero-order chi connectivity index (χ0) is 49.9. The van der Waals surface area contributed by atoms with Crippen LogP contribution in [0.2, 0.25) is 0 Å². The maximum absolute atomic E-state index is 12.4. The number of H-pyrrole nitrogens is 2. The van der Waals surface area contributed by atoms with E-state index in [9.17, 15) is 24.9 Å². The predicted octanol–water partition coefficient (Wildman–Crippen LogP) is 10.1. The molecule has 0 unspecified atom stereocenters. The Balaban J connectivity index is 0.000000188. The van der Waals surface area contributed by atoms with Crippen molar-refractivity contribution in [3.63, 3.8) is 0 Å². The number of rotatable bonds is 12. The van der Waals surface area contributed by atoms with Crippen LogP contribution >= 0.6 is 12.4 Å². The highest BCUT2D eigenvalue weighted by Gasteiger charge is 2.66. The molecule has 0 aromatic carbocycles. The highest BCUT2D eigenvalue weighted by Crippen LogP contribution is 2.71. The zero-order valence-corrected chi connectivity index (χ0v) is 45.6. The second-order valence-electron chi connectivity index (χ2n) is 26.3. The van der Waals surface area contributed by atoms with Gasteiger partial charge >= 0.3 is 0 Å². The Kier molecular flexibility index (Phi) is 16.5. The minimum atomic E-state index is -0.257. The van der Waals surface area contributed by atoms with Crippen LogP contribution in [0.4, 0.5) is 11.9 Å². The molecule has 0 bridgehead atoms. The third-order valence-corrected chi connectivity index (χ3v) is 23.4. The summed E-state index contributed by atoms with van der Waals surface area (Å²) >= 11 is 0. The van der Waals surface area contributed by atoms with Crippen LogP contribution < -0.4 is 10.6 Å². The minimum Gasteiger partial charge on any atom is -0.393 e. The van der Waals surface area contributed by atoms with Gasteiger partial charge in [0.2, 0.25) is 11.8 Å². The third-order valence-electron chi connectivity index (χ3n) is 23.4. The summed E-state index contributed by atoms with van der Waals surface area (Å²) in [5.74, 6) is 8.40. The number of fused-ring (bicyclic) bond motifs is 10. The topological polar surface area (TPSA) is 228 Å². The first-order valence-corrected chi connectivity index (χ1v) is 28.5. The lowest BCUT2D eigenvalue weighted by atomic mass is 9.41. The van der Waals surface area contributed by atoms with E-state index >= 15 is 0 Å². The quantitative estimate of drug-likeness (QED) is 0.106. The Labute approximate surface area is 430 Å². The molecule has 0 spiro atoms. The van der Waals surface area contributed by atoms with E-state index in [-0.39, 0.29) is 70.7 Å². The Hall–Kier alpha value is -2.75. The summed E-state index contributed by atoms with van der Waals surface area (Å²) in [6.07, 6.45) is 20.9. The van der Waals surface area contributed by atoms with E-state index in [4.69, 9.17) is 0 Å². The number of aromatic amines is 2. The Morgan fingerprint density at radius 3 is 1.42 bits per heavy atom. The lowest BCUT2D eigenvalue weighted by Gasteiger charge is -2.65. The van der Waals surface area contributed by atoms with Crippen LogP contribution in [0.1, 0.15) is 191 Å². The number of anilines is 2. The number of hydrogen-bond donors (Lipinski definition) is 7. The fourth-order valence-corrected chi connectivity index (χ4v) is 20.0. The molecule has 400 valence electrons. The molecular weight excluding hydrogens is 916 g/mol. The first kappa shape index (κ1) is 54.5. The van der Waals surface area contributed by atoms with Crippen molar-refractivity contribution in [1.29, 1.82) is 0 Å². The van der Waals surface area contributed by atoms with E-state index in [2.05, 4.69) is 114 Å². The van der Waals surface area contributed by atoms with Gasteiger partial charge < -0.3 is 15.3 Å². The van der Waals surface area contributed by atoms with Crippen molar-refractivity contribution in [3.8, 4) is 0 Å². The van der Waals surface area contributed by atoms with Crippen molar-refractivity contribution in [2.24, 2.45) is 110 Å². The van der Waals surface area contributed by atoms with E-state index in [0.717, 1.165) is 50.9 Å². The number of amides is 2. The van der Waals surface area contributed by atoms with Gasteiger partial charge in [-0.05, 0) is 217 Å². The van der Waals surface area contributed by atoms with Crippen molar-refractivity contribution >= 4 is 36.1 Å². The van der Waals surface area contributed by atoms with Crippen LogP contribution in [-0.2, 0) is 9.59 Å². The third kappa shape index (κ3) is 9.76. The molecule has 2 aromatic rings. The number of halogens is 1. The number of hydrogen-bond acceptors (Lipinski definition) is 11. The summed E-state index contributed by atoms with van der Waals surface area (Å²) in [7, 11) is 0. The average molecular weight is 1010 g/mol. The van der Waals surface area contributed by atoms with Crippen LogP contribution in [0, 0.1) is 110 Å². The standard InChI is InChI=1S/C28H47N5O2.C27H45N5O3.ClH/c1-6-18-22-15-16(2)11-13-28(22,5)21-12-14-27(4)19(8-9-20(27)24(21)25(18)35)17(3)7-10-23(34)29-26-30-32-33-31-26;1-5-17-21-14-16(33)10-12-27(21,4)20-11-13-26(3)18(7-8-19(26)23(20)24(17)35)15(2)6-9-22(34)28-25-29-31-32-30-25;/h16-22,24-25,35H,6-15H2,1-5H3,(H2,29,30,31,32,33,34);15-21,23-24,33,35H,5-14H2,1-4H3,(H2,28,29,30,31,32,34);1H/t16-,17-,18-,19-,20+,21+,22+,24+,25-,27-,28-;15-,16-,17-,18-,19+,20+,21+,23+,24-,26-,27-;/m11./s1.